The quantitative estimate of drug-likeness (QED) is 0.269. The third-order valence-electron chi connectivity index (χ3n) is 0. The van der Waals surface area contributed by atoms with Gasteiger partial charge in [0, 0.05) is 0 Å². The van der Waals surface area contributed by atoms with Gasteiger partial charge < -0.3 is 18.2 Å². The molecule has 0 spiro atoms. The maximum atomic E-state index is 8.25. The molecule has 0 aliphatic carbocycles. The Morgan fingerprint density at radius 1 is 1.50 bits per heavy atom. The van der Waals surface area contributed by atoms with E-state index >= 15 is 0 Å². The minimum atomic E-state index is -1.75. The number of nitrogens with zero attached hydrogens (tertiary/aromatic N) is 1. The molecule has 0 aromatic rings. The standard InChI is InChI=1S/Cu.Mg.NO3.2H/c;;2-1(3)4;;/q+1;+2;3*-1. The summed E-state index contributed by atoms with van der Waals surface area (Å²) in [4.78, 5) is 8.25. The fourth-order valence-corrected chi connectivity index (χ4v) is 0. The van der Waals surface area contributed by atoms with E-state index in [9.17, 15) is 0 Å². The van der Waals surface area contributed by atoms with Gasteiger partial charge in [-0.25, -0.2) is 0 Å². The largest absolute Gasteiger partial charge is 2.00 e. The summed E-state index contributed by atoms with van der Waals surface area (Å²) >= 11 is 0. The minimum Gasteiger partial charge on any atom is -1.00 e. The van der Waals surface area contributed by atoms with Crippen LogP contribution in [0.5, 0.6) is 0 Å². The van der Waals surface area contributed by atoms with Crippen LogP contribution in [0.25, 0.3) is 0 Å². The van der Waals surface area contributed by atoms with Crippen LogP contribution in [0.2, 0.25) is 0 Å². The van der Waals surface area contributed by atoms with Gasteiger partial charge >= 0.3 is 40.1 Å². The summed E-state index contributed by atoms with van der Waals surface area (Å²) in [5.74, 6) is 0. The second-order valence-corrected chi connectivity index (χ2v) is 0.224. The molecule has 0 amide bonds. The Hall–Kier alpha value is 0.486. The van der Waals surface area contributed by atoms with Gasteiger partial charge in [0.1, 0.15) is 0 Å². The van der Waals surface area contributed by atoms with E-state index in [1.165, 1.54) is 0 Å². The van der Waals surface area contributed by atoms with Crippen molar-refractivity contribution in [2.75, 3.05) is 0 Å². The summed E-state index contributed by atoms with van der Waals surface area (Å²) < 4.78 is 0. The molecule has 0 atom stereocenters. The van der Waals surface area contributed by atoms with Gasteiger partial charge in [-0.15, -0.1) is 0 Å². The number of hydrogen-bond acceptors (Lipinski definition) is 3. The van der Waals surface area contributed by atoms with Crippen molar-refractivity contribution in [1.29, 1.82) is 0 Å². The zero-order valence-electron chi connectivity index (χ0n) is 4.68. The molecule has 0 aliphatic heterocycles. The van der Waals surface area contributed by atoms with Crippen LogP contribution in [0.15, 0.2) is 0 Å². The van der Waals surface area contributed by atoms with Gasteiger partial charge in [-0.05, 0) is 0 Å². The van der Waals surface area contributed by atoms with Gasteiger partial charge in [-0.1, -0.05) is 0 Å². The molecule has 0 fully saturated rings. The Morgan fingerprint density at radius 2 is 1.50 bits per heavy atom. The molecule has 0 radical (unpaired) electrons. The molecule has 0 saturated heterocycles. The van der Waals surface area contributed by atoms with Gasteiger partial charge in [-0.2, -0.15) is 0 Å². The van der Waals surface area contributed by atoms with E-state index in [2.05, 4.69) is 0 Å². The van der Waals surface area contributed by atoms with E-state index in [4.69, 9.17) is 15.3 Å². The average Bonchev–Trinajstić information content (AvgIpc) is 0.811. The second kappa shape index (κ2) is 9.08. The van der Waals surface area contributed by atoms with Gasteiger partial charge in [0.15, 0.2) is 0 Å². The minimum absolute atomic E-state index is 0. The molecule has 0 N–H and O–H groups in total. The summed E-state index contributed by atoms with van der Waals surface area (Å²) in [5.41, 5.74) is 0. The monoisotopic (exact) mass is 151 g/mol. The summed E-state index contributed by atoms with van der Waals surface area (Å²) in [5, 5.41) is 14.8. The van der Waals surface area contributed by atoms with E-state index in [1.807, 2.05) is 0 Å². The molecule has 0 bridgehead atoms. The van der Waals surface area contributed by atoms with Crippen LogP contribution in [0, 0.1) is 15.3 Å². The SMILES string of the molecule is O=[N+]([O-])[O-].[Cu+].[H-].[H-].[Mg+2]. The summed E-state index contributed by atoms with van der Waals surface area (Å²) in [6.07, 6.45) is 0. The molecule has 38 valence electrons. The number of hydrogen-bond donors (Lipinski definition) is 0. The molecule has 0 saturated carbocycles. The van der Waals surface area contributed by atoms with Crippen LogP contribution in [0.3, 0.4) is 0 Å². The van der Waals surface area contributed by atoms with Gasteiger partial charge in [0.25, 0.3) is 0 Å². The van der Waals surface area contributed by atoms with Crippen LogP contribution < -0.4 is 0 Å². The van der Waals surface area contributed by atoms with Crippen LogP contribution in [-0.2, 0) is 17.1 Å². The zero-order chi connectivity index (χ0) is 3.58. The summed E-state index contributed by atoms with van der Waals surface area (Å²) in [6.45, 7) is 0. The van der Waals surface area contributed by atoms with Crippen LogP contribution in [0.1, 0.15) is 2.85 Å². The van der Waals surface area contributed by atoms with Crippen molar-refractivity contribution in [2.45, 2.75) is 0 Å². The van der Waals surface area contributed by atoms with E-state index in [1.54, 1.807) is 0 Å². The Balaban J connectivity index is -0.00000000750. The number of rotatable bonds is 0. The zero-order valence-corrected chi connectivity index (χ0v) is 5.04. The average molecular weight is 152 g/mol. The fraction of sp³-hybridized carbons (Fsp3) is 0. The van der Waals surface area contributed by atoms with E-state index in [0.29, 0.717) is 0 Å². The molecule has 6 heteroatoms. The molecular formula is H2CuMgNO3. The summed E-state index contributed by atoms with van der Waals surface area (Å²) in [6, 6.07) is 0. The second-order valence-electron chi connectivity index (χ2n) is 0.224. The predicted molar refractivity (Wildman–Crippen MR) is 18.3 cm³/mol. The van der Waals surface area contributed by atoms with Crippen molar-refractivity contribution in [3.63, 3.8) is 0 Å². The molecule has 4 nitrogen and oxygen atoms in total. The Kier molecular flexibility index (Phi) is 24.3. The molecule has 0 aromatic heterocycles. The van der Waals surface area contributed by atoms with Crippen molar-refractivity contribution < 1.29 is 25.0 Å². The third-order valence-corrected chi connectivity index (χ3v) is 0. The fourth-order valence-electron chi connectivity index (χ4n) is 0. The topological polar surface area (TPSA) is 66.2 Å². The summed E-state index contributed by atoms with van der Waals surface area (Å²) in [7, 11) is 0. The van der Waals surface area contributed by atoms with Gasteiger partial charge in [0.05, 0.1) is 5.09 Å². The van der Waals surface area contributed by atoms with Crippen LogP contribution >= 0.6 is 0 Å². The molecule has 0 aromatic carbocycles. The van der Waals surface area contributed by atoms with Crippen molar-refractivity contribution in [1.82, 2.24) is 0 Å². The van der Waals surface area contributed by atoms with E-state index in [-0.39, 0.29) is 43.0 Å². The Bertz CT molecular complexity index is 40.3. The van der Waals surface area contributed by atoms with E-state index in [0.717, 1.165) is 0 Å². The van der Waals surface area contributed by atoms with Crippen molar-refractivity contribution >= 4 is 23.1 Å². The molecule has 0 heterocycles. The van der Waals surface area contributed by atoms with Gasteiger partial charge in [-0.3, -0.25) is 0 Å². The van der Waals surface area contributed by atoms with Crippen molar-refractivity contribution in [2.24, 2.45) is 0 Å². The Morgan fingerprint density at radius 3 is 1.50 bits per heavy atom. The smallest absolute Gasteiger partial charge is 1.00 e. The normalized spacial score (nSPS) is 4.00. The van der Waals surface area contributed by atoms with Crippen molar-refractivity contribution in [3.8, 4) is 0 Å². The molecule has 0 aliphatic rings. The molecule has 0 rings (SSSR count). The first-order valence-electron chi connectivity index (χ1n) is 0.548. The molecule has 6 heavy (non-hydrogen) atoms. The first-order valence-corrected chi connectivity index (χ1v) is 0.548. The predicted octanol–water partition coefficient (Wildman–Crippen LogP) is -0.397. The molecule has 0 unspecified atom stereocenters. The van der Waals surface area contributed by atoms with Crippen LogP contribution in [-0.4, -0.2) is 28.1 Å². The van der Waals surface area contributed by atoms with E-state index < -0.39 is 5.09 Å². The maximum absolute atomic E-state index is 8.25. The first kappa shape index (κ1) is 16.1. The third kappa shape index (κ3) is 231. The first-order chi connectivity index (χ1) is 1.73. The van der Waals surface area contributed by atoms with Crippen LogP contribution in [0.4, 0.5) is 0 Å². The Labute approximate surface area is 63.6 Å². The maximum Gasteiger partial charge on any atom is 2.00 e. The van der Waals surface area contributed by atoms with Gasteiger partial charge in [0.2, 0.25) is 0 Å². The van der Waals surface area contributed by atoms with Crippen molar-refractivity contribution in [3.05, 3.63) is 15.3 Å². The molecular weight excluding hydrogens is 150 g/mol.